The largest absolute Gasteiger partial charge is 0.220 e. The molecule has 0 unspecified atom stereocenters. The van der Waals surface area contributed by atoms with Gasteiger partial charge in [0.15, 0.2) is 4.33 Å². The van der Waals surface area contributed by atoms with Crippen LogP contribution in [0, 0.1) is 0 Å². The summed E-state index contributed by atoms with van der Waals surface area (Å²) in [7, 11) is 0. The van der Waals surface area contributed by atoms with Gasteiger partial charge >= 0.3 is 0 Å². The van der Waals surface area contributed by atoms with Crippen LogP contribution in [-0.2, 0) is 0 Å². The highest BCUT2D eigenvalue weighted by atomic mass is 32.2. The lowest BCUT2D eigenvalue weighted by atomic mass is 10.2. The number of unbranched alkanes of at least 4 members (excludes halogenated alkanes) is 3. The zero-order valence-corrected chi connectivity index (χ0v) is 8.10. The molecular weight excluding hydrogens is 167 g/mol. The molecule has 3 heteroatoms. The quantitative estimate of drug-likeness (QED) is 0.363. The molecule has 0 N–H and O–H groups in total. The van der Waals surface area contributed by atoms with Gasteiger partial charge < -0.3 is 0 Å². The molecule has 0 rings (SSSR count). The van der Waals surface area contributed by atoms with Gasteiger partial charge in [0.05, 0.1) is 0 Å². The highest BCUT2D eigenvalue weighted by molar-refractivity contribution is 8.00. The number of rotatable bonds is 5. The van der Waals surface area contributed by atoms with E-state index in [-0.39, 0.29) is 0 Å². The van der Waals surface area contributed by atoms with Gasteiger partial charge in [0.2, 0.25) is 0 Å². The van der Waals surface area contributed by atoms with Crippen LogP contribution in [-0.4, -0.2) is 4.33 Å². The molecule has 0 saturated carbocycles. The molecule has 0 heterocycles. The van der Waals surface area contributed by atoms with Crippen molar-refractivity contribution in [1.82, 2.24) is 0 Å². The normalized spacial score (nSPS) is 12.0. The molecule has 0 aromatic rings. The third-order valence-corrected chi connectivity index (χ3v) is 1.80. The molecule has 0 radical (unpaired) electrons. The fraction of sp³-hybridized carbons (Fsp3) is 1.00. The first-order valence-corrected chi connectivity index (χ1v) is 4.59. The van der Waals surface area contributed by atoms with Crippen LogP contribution in [0.5, 0.6) is 0 Å². The predicted molar refractivity (Wildman–Crippen MR) is 50.6 cm³/mol. The first-order chi connectivity index (χ1) is 4.56. The number of halogens is 1. The Balaban J connectivity index is 3.04. The van der Waals surface area contributed by atoms with Gasteiger partial charge in [0.25, 0.3) is 0 Å². The number of thiol groups is 2. The molecule has 0 aliphatic rings. The smallest absolute Gasteiger partial charge is 0.196 e. The van der Waals surface area contributed by atoms with Crippen LogP contribution in [0.2, 0.25) is 0 Å². The van der Waals surface area contributed by atoms with Gasteiger partial charge in [-0.25, -0.2) is 4.39 Å². The van der Waals surface area contributed by atoms with E-state index in [1.807, 2.05) is 0 Å². The van der Waals surface area contributed by atoms with Crippen LogP contribution in [0.25, 0.3) is 0 Å². The summed E-state index contributed by atoms with van der Waals surface area (Å²) in [5, 5.41) is 0. The van der Waals surface area contributed by atoms with Gasteiger partial charge in [-0.3, -0.25) is 0 Å². The van der Waals surface area contributed by atoms with E-state index in [2.05, 4.69) is 32.2 Å². The Bertz CT molecular complexity index is 78.2. The van der Waals surface area contributed by atoms with Crippen LogP contribution in [0.15, 0.2) is 0 Å². The molecule has 0 aliphatic carbocycles. The summed E-state index contributed by atoms with van der Waals surface area (Å²) in [5.41, 5.74) is 0. The average Bonchev–Trinajstić information content (AvgIpc) is 1.78. The average molecular weight is 182 g/mol. The minimum Gasteiger partial charge on any atom is -0.220 e. The van der Waals surface area contributed by atoms with Gasteiger partial charge in [-0.2, -0.15) is 0 Å². The van der Waals surface area contributed by atoms with Crippen LogP contribution < -0.4 is 0 Å². The van der Waals surface area contributed by atoms with Crippen LogP contribution in [0.1, 0.15) is 39.0 Å². The molecule has 0 aromatic heterocycles. The summed E-state index contributed by atoms with van der Waals surface area (Å²) in [6, 6.07) is 0. The first kappa shape index (κ1) is 10.6. The Morgan fingerprint density at radius 3 is 2.20 bits per heavy atom. The molecule has 0 aliphatic heterocycles. The minimum absolute atomic E-state index is 0.444. The topological polar surface area (TPSA) is 0 Å². The molecule has 10 heavy (non-hydrogen) atoms. The second kappa shape index (κ2) is 5.30. The maximum atomic E-state index is 12.5. The van der Waals surface area contributed by atoms with E-state index in [0.29, 0.717) is 6.42 Å². The zero-order valence-electron chi connectivity index (χ0n) is 6.31. The lowest BCUT2D eigenvalue weighted by Gasteiger charge is -2.10. The maximum absolute atomic E-state index is 12.5. The van der Waals surface area contributed by atoms with E-state index < -0.39 is 4.33 Å². The summed E-state index contributed by atoms with van der Waals surface area (Å²) < 4.78 is 11.0. The van der Waals surface area contributed by atoms with Gasteiger partial charge in [0.1, 0.15) is 0 Å². The van der Waals surface area contributed by atoms with Crippen molar-refractivity contribution in [3.05, 3.63) is 0 Å². The third kappa shape index (κ3) is 8.63. The van der Waals surface area contributed by atoms with Crippen molar-refractivity contribution < 1.29 is 4.39 Å². The highest BCUT2D eigenvalue weighted by Gasteiger charge is 2.16. The van der Waals surface area contributed by atoms with Crippen molar-refractivity contribution in [3.63, 3.8) is 0 Å². The van der Waals surface area contributed by atoms with Crippen LogP contribution in [0.3, 0.4) is 0 Å². The first-order valence-electron chi connectivity index (χ1n) is 3.70. The molecule has 0 amide bonds. The number of hydrogen-bond donors (Lipinski definition) is 2. The summed E-state index contributed by atoms with van der Waals surface area (Å²) in [6.07, 6.45) is 4.77. The predicted octanol–water partition coefficient (Wildman–Crippen LogP) is 3.44. The summed E-state index contributed by atoms with van der Waals surface area (Å²) in [4.78, 5) is 0. The van der Waals surface area contributed by atoms with Crippen molar-refractivity contribution in [2.75, 3.05) is 0 Å². The van der Waals surface area contributed by atoms with E-state index in [1.165, 1.54) is 12.8 Å². The van der Waals surface area contributed by atoms with Gasteiger partial charge in [0, 0.05) is 6.42 Å². The molecule has 0 bridgehead atoms. The lowest BCUT2D eigenvalue weighted by molar-refractivity contribution is 0.381. The molecule has 0 fully saturated rings. The Kier molecular flexibility index (Phi) is 5.64. The lowest BCUT2D eigenvalue weighted by Crippen LogP contribution is -2.02. The number of hydrogen-bond acceptors (Lipinski definition) is 2. The maximum Gasteiger partial charge on any atom is 0.196 e. The van der Waals surface area contributed by atoms with Crippen molar-refractivity contribution in [2.45, 2.75) is 43.4 Å². The molecule has 0 nitrogen and oxygen atoms in total. The summed E-state index contributed by atoms with van der Waals surface area (Å²) in [6.45, 7) is 2.13. The zero-order chi connectivity index (χ0) is 8.04. The van der Waals surface area contributed by atoms with Crippen LogP contribution in [0.4, 0.5) is 4.39 Å². The van der Waals surface area contributed by atoms with Gasteiger partial charge in [-0.05, 0) is 6.42 Å². The SMILES string of the molecule is CCCCCCC(F)(S)S. The summed E-state index contributed by atoms with van der Waals surface area (Å²) in [5.74, 6) is 0. The van der Waals surface area contributed by atoms with E-state index in [1.54, 1.807) is 0 Å². The fourth-order valence-corrected chi connectivity index (χ4v) is 1.09. The van der Waals surface area contributed by atoms with E-state index in [4.69, 9.17) is 0 Å². The molecular formula is C7H15FS2. The second-order valence-corrected chi connectivity index (χ2v) is 4.30. The molecule has 0 aromatic carbocycles. The Morgan fingerprint density at radius 1 is 1.20 bits per heavy atom. The standard InChI is InChI=1S/C7H15FS2/c1-2-3-4-5-6-7(8,9)10/h9-10H,2-6H2,1H3. The van der Waals surface area contributed by atoms with Crippen molar-refractivity contribution in [3.8, 4) is 0 Å². The van der Waals surface area contributed by atoms with E-state index in [0.717, 1.165) is 12.8 Å². The van der Waals surface area contributed by atoms with Gasteiger partial charge in [-0.1, -0.05) is 26.2 Å². The Hall–Kier alpha value is 0.630. The second-order valence-electron chi connectivity index (χ2n) is 2.53. The minimum atomic E-state index is -1.56. The molecule has 0 atom stereocenters. The third-order valence-electron chi connectivity index (χ3n) is 1.35. The Morgan fingerprint density at radius 2 is 1.80 bits per heavy atom. The van der Waals surface area contributed by atoms with Crippen molar-refractivity contribution in [1.29, 1.82) is 0 Å². The van der Waals surface area contributed by atoms with E-state index >= 15 is 0 Å². The Labute approximate surface area is 73.4 Å². The monoisotopic (exact) mass is 182 g/mol. The number of alkyl halides is 1. The summed E-state index contributed by atoms with van der Waals surface area (Å²) >= 11 is 7.31. The van der Waals surface area contributed by atoms with Crippen molar-refractivity contribution in [2.24, 2.45) is 0 Å². The molecule has 0 saturated heterocycles. The van der Waals surface area contributed by atoms with Gasteiger partial charge in [-0.15, -0.1) is 25.3 Å². The highest BCUT2D eigenvalue weighted by Crippen LogP contribution is 2.27. The van der Waals surface area contributed by atoms with Crippen LogP contribution >= 0.6 is 25.3 Å². The molecule has 0 spiro atoms. The van der Waals surface area contributed by atoms with E-state index in [9.17, 15) is 4.39 Å². The van der Waals surface area contributed by atoms with Crippen molar-refractivity contribution >= 4 is 25.3 Å². The molecule has 62 valence electrons. The fourth-order valence-electron chi connectivity index (χ4n) is 0.777.